The molecule has 0 aliphatic heterocycles. The molecule has 0 saturated carbocycles. The minimum Gasteiger partial charge on any atom is -0.481 e. The molecule has 0 spiro atoms. The molecular formula is C18H21NO2. The van der Waals surface area contributed by atoms with E-state index in [-0.39, 0.29) is 6.42 Å². The first-order valence-electron chi connectivity index (χ1n) is 7.20. The Balaban J connectivity index is 1.89. The van der Waals surface area contributed by atoms with Crippen molar-refractivity contribution in [3.05, 3.63) is 60.2 Å². The van der Waals surface area contributed by atoms with Crippen LogP contribution in [0, 0.1) is 0 Å². The highest BCUT2D eigenvalue weighted by Crippen LogP contribution is 2.19. The number of nitrogens with zero attached hydrogens (tertiary/aromatic N) is 1. The lowest BCUT2D eigenvalue weighted by Gasteiger charge is -2.16. The third-order valence-electron chi connectivity index (χ3n) is 3.44. The number of aliphatic carboxylic acids is 1. The highest BCUT2D eigenvalue weighted by Gasteiger charge is 2.03. The highest BCUT2D eigenvalue weighted by molar-refractivity contribution is 5.66. The molecular weight excluding hydrogens is 262 g/mol. The fourth-order valence-corrected chi connectivity index (χ4v) is 2.32. The van der Waals surface area contributed by atoms with E-state index in [1.807, 2.05) is 25.2 Å². The van der Waals surface area contributed by atoms with Crippen molar-refractivity contribution in [3.63, 3.8) is 0 Å². The van der Waals surface area contributed by atoms with Crippen molar-refractivity contribution >= 4 is 5.97 Å². The molecule has 0 bridgehead atoms. The Bertz CT molecular complexity index is 564. The predicted octanol–water partition coefficient (Wildman–Crippen LogP) is 3.65. The van der Waals surface area contributed by atoms with Gasteiger partial charge in [-0.2, -0.15) is 0 Å². The van der Waals surface area contributed by atoms with E-state index in [0.29, 0.717) is 6.42 Å². The maximum absolute atomic E-state index is 10.5. The van der Waals surface area contributed by atoms with Crippen molar-refractivity contribution in [1.82, 2.24) is 4.90 Å². The molecule has 0 saturated heterocycles. The number of carboxylic acids is 1. The summed E-state index contributed by atoms with van der Waals surface area (Å²) >= 11 is 0. The van der Waals surface area contributed by atoms with E-state index in [0.717, 1.165) is 13.1 Å². The van der Waals surface area contributed by atoms with E-state index in [4.69, 9.17) is 5.11 Å². The Kier molecular flexibility index (Phi) is 5.52. The third-order valence-corrected chi connectivity index (χ3v) is 3.44. The molecule has 0 radical (unpaired) electrons. The Morgan fingerprint density at radius 1 is 1.00 bits per heavy atom. The molecule has 21 heavy (non-hydrogen) atoms. The molecule has 1 N–H and O–H groups in total. The van der Waals surface area contributed by atoms with Gasteiger partial charge in [0.25, 0.3) is 0 Å². The molecule has 0 heterocycles. The van der Waals surface area contributed by atoms with Gasteiger partial charge in [-0.05, 0) is 36.7 Å². The zero-order valence-corrected chi connectivity index (χ0v) is 12.3. The van der Waals surface area contributed by atoms with E-state index in [1.54, 1.807) is 0 Å². The van der Waals surface area contributed by atoms with E-state index in [1.165, 1.54) is 16.7 Å². The summed E-state index contributed by atoms with van der Waals surface area (Å²) in [5.74, 6) is -0.726. The molecule has 0 fully saturated rings. The van der Waals surface area contributed by atoms with Crippen LogP contribution in [0.3, 0.4) is 0 Å². The van der Waals surface area contributed by atoms with E-state index in [9.17, 15) is 4.79 Å². The van der Waals surface area contributed by atoms with Gasteiger partial charge in [0.1, 0.15) is 0 Å². The predicted molar refractivity (Wildman–Crippen MR) is 85.1 cm³/mol. The largest absolute Gasteiger partial charge is 0.481 e. The van der Waals surface area contributed by atoms with Gasteiger partial charge in [0.2, 0.25) is 0 Å². The number of hydrogen-bond donors (Lipinski definition) is 1. The zero-order chi connectivity index (χ0) is 15.1. The van der Waals surface area contributed by atoms with Crippen molar-refractivity contribution in [2.45, 2.75) is 19.4 Å². The SMILES string of the molecule is CN(CCCC(=O)O)Cc1ccc(-c2ccccc2)cc1. The lowest BCUT2D eigenvalue weighted by atomic mass is 10.0. The summed E-state index contributed by atoms with van der Waals surface area (Å²) in [7, 11) is 2.02. The van der Waals surface area contributed by atoms with Crippen LogP contribution in [0.2, 0.25) is 0 Å². The molecule has 110 valence electrons. The van der Waals surface area contributed by atoms with Crippen LogP contribution in [-0.4, -0.2) is 29.6 Å². The fourth-order valence-electron chi connectivity index (χ4n) is 2.32. The van der Waals surface area contributed by atoms with Gasteiger partial charge in [0.15, 0.2) is 0 Å². The molecule has 0 aliphatic carbocycles. The van der Waals surface area contributed by atoms with Gasteiger partial charge < -0.3 is 10.0 Å². The van der Waals surface area contributed by atoms with Gasteiger partial charge in [-0.25, -0.2) is 0 Å². The maximum atomic E-state index is 10.5. The Morgan fingerprint density at radius 2 is 1.62 bits per heavy atom. The van der Waals surface area contributed by atoms with Gasteiger partial charge in [-0.15, -0.1) is 0 Å². The second kappa shape index (κ2) is 7.60. The first-order chi connectivity index (χ1) is 10.1. The summed E-state index contributed by atoms with van der Waals surface area (Å²) in [4.78, 5) is 12.6. The molecule has 2 rings (SSSR count). The number of hydrogen-bond acceptors (Lipinski definition) is 2. The average molecular weight is 283 g/mol. The summed E-state index contributed by atoms with van der Waals surface area (Å²) in [6, 6.07) is 18.8. The van der Waals surface area contributed by atoms with E-state index < -0.39 is 5.97 Å². The molecule has 2 aromatic rings. The quantitative estimate of drug-likeness (QED) is 0.843. The summed E-state index contributed by atoms with van der Waals surface area (Å²) in [6.07, 6.45) is 0.922. The van der Waals surface area contributed by atoms with Crippen LogP contribution in [0.5, 0.6) is 0 Å². The molecule has 0 atom stereocenters. The first-order valence-corrected chi connectivity index (χ1v) is 7.20. The number of rotatable bonds is 7. The van der Waals surface area contributed by atoms with Crippen molar-refractivity contribution in [3.8, 4) is 11.1 Å². The van der Waals surface area contributed by atoms with Crippen LogP contribution in [0.15, 0.2) is 54.6 Å². The van der Waals surface area contributed by atoms with Crippen LogP contribution >= 0.6 is 0 Å². The highest BCUT2D eigenvalue weighted by atomic mass is 16.4. The fraction of sp³-hybridized carbons (Fsp3) is 0.278. The number of benzene rings is 2. The maximum Gasteiger partial charge on any atom is 0.303 e. The summed E-state index contributed by atoms with van der Waals surface area (Å²) in [5.41, 5.74) is 3.68. The Morgan fingerprint density at radius 3 is 2.24 bits per heavy atom. The average Bonchev–Trinajstić information content (AvgIpc) is 2.48. The number of carbonyl (C=O) groups is 1. The molecule has 3 nitrogen and oxygen atoms in total. The Hall–Kier alpha value is -2.13. The van der Waals surface area contributed by atoms with Crippen LogP contribution in [0.1, 0.15) is 18.4 Å². The third kappa shape index (κ3) is 5.04. The van der Waals surface area contributed by atoms with Crippen LogP contribution in [-0.2, 0) is 11.3 Å². The van der Waals surface area contributed by atoms with Gasteiger partial charge in [-0.1, -0.05) is 54.6 Å². The smallest absolute Gasteiger partial charge is 0.303 e. The zero-order valence-electron chi connectivity index (χ0n) is 12.3. The monoisotopic (exact) mass is 283 g/mol. The molecule has 0 aromatic heterocycles. The van der Waals surface area contributed by atoms with Gasteiger partial charge in [-0.3, -0.25) is 4.79 Å². The van der Waals surface area contributed by atoms with Gasteiger partial charge in [0, 0.05) is 13.0 Å². The van der Waals surface area contributed by atoms with Crippen molar-refractivity contribution in [1.29, 1.82) is 0 Å². The van der Waals surface area contributed by atoms with Gasteiger partial charge >= 0.3 is 5.97 Å². The molecule has 3 heteroatoms. The minimum atomic E-state index is -0.726. The topological polar surface area (TPSA) is 40.5 Å². The van der Waals surface area contributed by atoms with E-state index >= 15 is 0 Å². The summed E-state index contributed by atoms with van der Waals surface area (Å²) in [6.45, 7) is 1.64. The van der Waals surface area contributed by atoms with Crippen LogP contribution in [0.25, 0.3) is 11.1 Å². The molecule has 0 unspecified atom stereocenters. The lowest BCUT2D eigenvalue weighted by Crippen LogP contribution is -2.19. The second-order valence-corrected chi connectivity index (χ2v) is 5.30. The minimum absolute atomic E-state index is 0.233. The van der Waals surface area contributed by atoms with Crippen LogP contribution < -0.4 is 0 Å². The van der Waals surface area contributed by atoms with Gasteiger partial charge in [0.05, 0.1) is 0 Å². The summed E-state index contributed by atoms with van der Waals surface area (Å²) in [5, 5.41) is 8.64. The van der Waals surface area contributed by atoms with Crippen molar-refractivity contribution in [2.24, 2.45) is 0 Å². The molecule has 0 amide bonds. The first kappa shape index (κ1) is 15.3. The second-order valence-electron chi connectivity index (χ2n) is 5.30. The standard InChI is InChI=1S/C18H21NO2/c1-19(13-5-8-18(20)21)14-15-9-11-17(12-10-15)16-6-3-2-4-7-16/h2-4,6-7,9-12H,5,8,13-14H2,1H3,(H,20,21). The van der Waals surface area contributed by atoms with Crippen LogP contribution in [0.4, 0.5) is 0 Å². The van der Waals surface area contributed by atoms with Crippen molar-refractivity contribution in [2.75, 3.05) is 13.6 Å². The number of carboxylic acid groups (broad SMARTS) is 1. The summed E-state index contributed by atoms with van der Waals surface area (Å²) < 4.78 is 0. The molecule has 2 aromatic carbocycles. The normalized spacial score (nSPS) is 10.8. The molecule has 0 aliphatic rings. The van der Waals surface area contributed by atoms with E-state index in [2.05, 4.69) is 41.3 Å². The lowest BCUT2D eigenvalue weighted by molar-refractivity contribution is -0.137. The Labute approximate surface area is 125 Å². The van der Waals surface area contributed by atoms with Crippen molar-refractivity contribution < 1.29 is 9.90 Å².